The van der Waals surface area contributed by atoms with Crippen molar-refractivity contribution in [2.45, 2.75) is 33.4 Å². The van der Waals surface area contributed by atoms with Gasteiger partial charge in [-0.05, 0) is 25.0 Å². The third kappa shape index (κ3) is 3.92. The molecular formula is C16H20N2O3. The van der Waals surface area contributed by atoms with Gasteiger partial charge in [-0.2, -0.15) is 0 Å². The molecule has 112 valence electrons. The first-order valence-corrected chi connectivity index (χ1v) is 6.86. The van der Waals surface area contributed by atoms with Gasteiger partial charge in [0.2, 0.25) is 5.91 Å². The van der Waals surface area contributed by atoms with E-state index in [9.17, 15) is 4.79 Å². The normalized spacial score (nSPS) is 10.6. The van der Waals surface area contributed by atoms with Crippen LogP contribution in [0.25, 0.3) is 0 Å². The molecule has 1 aromatic carbocycles. The van der Waals surface area contributed by atoms with Crippen LogP contribution in [0.1, 0.15) is 28.1 Å². The molecule has 0 saturated carbocycles. The lowest BCUT2D eigenvalue weighted by molar-refractivity contribution is -0.120. The van der Waals surface area contributed by atoms with Gasteiger partial charge in [-0.3, -0.25) is 4.79 Å². The van der Waals surface area contributed by atoms with Crippen LogP contribution in [-0.2, 0) is 29.1 Å². The van der Waals surface area contributed by atoms with Crippen LogP contribution in [0.15, 0.2) is 28.8 Å². The highest BCUT2D eigenvalue weighted by Crippen LogP contribution is 2.13. The molecule has 1 amide bonds. The molecule has 5 nitrogen and oxygen atoms in total. The Morgan fingerprint density at radius 2 is 2.00 bits per heavy atom. The zero-order valence-corrected chi connectivity index (χ0v) is 12.6. The second-order valence-electron chi connectivity index (χ2n) is 4.96. The lowest BCUT2D eigenvalue weighted by Crippen LogP contribution is -2.25. The third-order valence-electron chi connectivity index (χ3n) is 3.41. The number of rotatable bonds is 6. The molecule has 21 heavy (non-hydrogen) atoms. The summed E-state index contributed by atoms with van der Waals surface area (Å²) in [6, 6.07) is 7.91. The molecule has 0 spiro atoms. The summed E-state index contributed by atoms with van der Waals surface area (Å²) in [4.78, 5) is 12.0. The Labute approximate surface area is 124 Å². The topological polar surface area (TPSA) is 64.4 Å². The van der Waals surface area contributed by atoms with E-state index >= 15 is 0 Å². The second kappa shape index (κ2) is 7.04. The maximum atomic E-state index is 12.0. The molecule has 0 atom stereocenters. The van der Waals surface area contributed by atoms with E-state index in [0.29, 0.717) is 18.9 Å². The molecular weight excluding hydrogens is 268 g/mol. The van der Waals surface area contributed by atoms with Crippen molar-refractivity contribution in [2.24, 2.45) is 0 Å². The van der Waals surface area contributed by atoms with Gasteiger partial charge < -0.3 is 14.6 Å². The fourth-order valence-corrected chi connectivity index (χ4v) is 2.20. The zero-order chi connectivity index (χ0) is 15.2. The molecule has 1 heterocycles. The van der Waals surface area contributed by atoms with Crippen LogP contribution in [-0.4, -0.2) is 18.2 Å². The van der Waals surface area contributed by atoms with E-state index in [1.54, 1.807) is 7.11 Å². The van der Waals surface area contributed by atoms with Crippen molar-refractivity contribution in [3.63, 3.8) is 0 Å². The van der Waals surface area contributed by atoms with Gasteiger partial charge in [-0.25, -0.2) is 0 Å². The summed E-state index contributed by atoms with van der Waals surface area (Å²) in [6.45, 7) is 4.68. The minimum atomic E-state index is -0.0448. The molecule has 0 fully saturated rings. The Morgan fingerprint density at radius 1 is 1.29 bits per heavy atom. The first kappa shape index (κ1) is 15.3. The quantitative estimate of drug-likeness (QED) is 0.886. The number of nitrogens with one attached hydrogen (secondary N) is 1. The highest BCUT2D eigenvalue weighted by atomic mass is 16.5. The van der Waals surface area contributed by atoms with Crippen LogP contribution in [0.5, 0.6) is 0 Å². The fourth-order valence-electron chi connectivity index (χ4n) is 2.20. The summed E-state index contributed by atoms with van der Waals surface area (Å²) in [5, 5.41) is 6.78. The minimum absolute atomic E-state index is 0.0448. The number of carbonyl (C=O) groups is 1. The van der Waals surface area contributed by atoms with E-state index in [1.807, 2.05) is 38.1 Å². The van der Waals surface area contributed by atoms with Crippen molar-refractivity contribution in [3.05, 3.63) is 52.4 Å². The minimum Gasteiger partial charge on any atom is -0.380 e. The average Bonchev–Trinajstić information content (AvgIpc) is 2.78. The molecule has 0 unspecified atom stereocenters. The predicted octanol–water partition coefficient (Wildman–Crippen LogP) is 2.30. The molecule has 0 saturated heterocycles. The summed E-state index contributed by atoms with van der Waals surface area (Å²) in [5.74, 6) is 0.652. The predicted molar refractivity (Wildman–Crippen MR) is 78.7 cm³/mol. The smallest absolute Gasteiger partial charge is 0.224 e. The Balaban J connectivity index is 1.96. The summed E-state index contributed by atoms with van der Waals surface area (Å²) in [7, 11) is 1.66. The van der Waals surface area contributed by atoms with Gasteiger partial charge in [-0.1, -0.05) is 29.4 Å². The summed E-state index contributed by atoms with van der Waals surface area (Å²) in [6.07, 6.45) is 0.285. The third-order valence-corrected chi connectivity index (χ3v) is 3.41. The molecule has 2 rings (SSSR count). The summed E-state index contributed by atoms with van der Waals surface area (Å²) in [5.41, 5.74) is 3.77. The number of nitrogens with zero attached hydrogens (tertiary/aromatic N) is 1. The number of methoxy groups -OCH3 is 1. The van der Waals surface area contributed by atoms with Gasteiger partial charge >= 0.3 is 0 Å². The van der Waals surface area contributed by atoms with Gasteiger partial charge in [0.05, 0.1) is 18.7 Å². The summed E-state index contributed by atoms with van der Waals surface area (Å²) >= 11 is 0. The van der Waals surface area contributed by atoms with Crippen LogP contribution < -0.4 is 5.32 Å². The Kier molecular flexibility index (Phi) is 5.11. The molecule has 1 N–H and O–H groups in total. The number of hydrogen-bond acceptors (Lipinski definition) is 4. The lowest BCUT2D eigenvalue weighted by atomic mass is 10.1. The highest BCUT2D eigenvalue weighted by molar-refractivity contribution is 5.79. The standard InChI is InChI=1S/C16H20N2O3/c1-11-15(12(2)21-18-11)8-16(19)17-9-13-6-4-5-7-14(13)10-20-3/h4-7H,8-10H2,1-3H3,(H,17,19). The molecule has 0 bridgehead atoms. The lowest BCUT2D eigenvalue weighted by Gasteiger charge is -2.10. The van der Waals surface area contributed by atoms with Crippen molar-refractivity contribution in [2.75, 3.05) is 7.11 Å². The van der Waals surface area contributed by atoms with Gasteiger partial charge in [0.15, 0.2) is 0 Å². The molecule has 1 aromatic heterocycles. The first-order valence-electron chi connectivity index (χ1n) is 6.86. The summed E-state index contributed by atoms with van der Waals surface area (Å²) < 4.78 is 10.2. The molecule has 5 heteroatoms. The largest absolute Gasteiger partial charge is 0.380 e. The number of amides is 1. The monoisotopic (exact) mass is 288 g/mol. The highest BCUT2D eigenvalue weighted by Gasteiger charge is 2.13. The van der Waals surface area contributed by atoms with E-state index in [-0.39, 0.29) is 12.3 Å². The van der Waals surface area contributed by atoms with Crippen molar-refractivity contribution >= 4 is 5.91 Å². The Morgan fingerprint density at radius 3 is 2.62 bits per heavy atom. The Hall–Kier alpha value is -2.14. The maximum Gasteiger partial charge on any atom is 0.224 e. The van der Waals surface area contributed by atoms with E-state index in [2.05, 4.69) is 10.5 Å². The number of aryl methyl sites for hydroxylation is 2. The van der Waals surface area contributed by atoms with Crippen LogP contribution >= 0.6 is 0 Å². The van der Waals surface area contributed by atoms with Gasteiger partial charge in [-0.15, -0.1) is 0 Å². The molecule has 0 aliphatic heterocycles. The SMILES string of the molecule is COCc1ccccc1CNC(=O)Cc1c(C)noc1C. The van der Waals surface area contributed by atoms with Crippen molar-refractivity contribution in [3.8, 4) is 0 Å². The van der Waals surface area contributed by atoms with Crippen LogP contribution in [0, 0.1) is 13.8 Å². The Bertz CT molecular complexity index is 600. The van der Waals surface area contributed by atoms with Crippen molar-refractivity contribution in [1.29, 1.82) is 0 Å². The van der Waals surface area contributed by atoms with Crippen LogP contribution in [0.3, 0.4) is 0 Å². The van der Waals surface area contributed by atoms with E-state index in [0.717, 1.165) is 22.4 Å². The van der Waals surface area contributed by atoms with Crippen LogP contribution in [0.2, 0.25) is 0 Å². The number of carbonyl (C=O) groups excluding carboxylic acids is 1. The van der Waals surface area contributed by atoms with Gasteiger partial charge in [0.25, 0.3) is 0 Å². The number of ether oxygens (including phenoxy) is 1. The average molecular weight is 288 g/mol. The zero-order valence-electron chi connectivity index (χ0n) is 12.6. The second-order valence-corrected chi connectivity index (χ2v) is 4.96. The molecule has 2 aromatic rings. The van der Waals surface area contributed by atoms with E-state index in [4.69, 9.17) is 9.26 Å². The maximum absolute atomic E-state index is 12.0. The number of aromatic nitrogens is 1. The van der Waals surface area contributed by atoms with Crippen LogP contribution in [0.4, 0.5) is 0 Å². The van der Waals surface area contributed by atoms with Crippen molar-refractivity contribution in [1.82, 2.24) is 10.5 Å². The van der Waals surface area contributed by atoms with Gasteiger partial charge in [0, 0.05) is 19.2 Å². The fraction of sp³-hybridized carbons (Fsp3) is 0.375. The number of hydrogen-bond donors (Lipinski definition) is 1. The van der Waals surface area contributed by atoms with E-state index < -0.39 is 0 Å². The molecule has 0 aliphatic rings. The van der Waals surface area contributed by atoms with Gasteiger partial charge in [0.1, 0.15) is 5.76 Å². The number of benzene rings is 1. The van der Waals surface area contributed by atoms with E-state index in [1.165, 1.54) is 0 Å². The molecule has 0 radical (unpaired) electrons. The van der Waals surface area contributed by atoms with Crippen molar-refractivity contribution < 1.29 is 14.1 Å². The molecule has 0 aliphatic carbocycles. The first-order chi connectivity index (χ1) is 10.1.